The summed E-state index contributed by atoms with van der Waals surface area (Å²) in [6, 6.07) is 24.3. The first-order chi connectivity index (χ1) is 21.5. The molecule has 44 heavy (non-hydrogen) atoms. The molecule has 2 fully saturated rings. The highest BCUT2D eigenvalue weighted by Crippen LogP contribution is 2.47. The maximum absolute atomic E-state index is 13.5. The van der Waals surface area contributed by atoms with Gasteiger partial charge in [-0.3, -0.25) is 14.4 Å². The van der Waals surface area contributed by atoms with Gasteiger partial charge in [-0.1, -0.05) is 78.6 Å². The van der Waals surface area contributed by atoms with E-state index in [4.69, 9.17) is 5.26 Å². The Hall–Kier alpha value is -5.20. The normalized spacial score (nSPS) is 22.6. The second kappa shape index (κ2) is 12.6. The summed E-state index contributed by atoms with van der Waals surface area (Å²) in [7, 11) is 0. The lowest BCUT2D eigenvalue weighted by molar-refractivity contribution is -0.138. The Morgan fingerprint density at radius 1 is 0.977 bits per heavy atom. The Kier molecular flexibility index (Phi) is 8.26. The highest BCUT2D eigenvalue weighted by atomic mass is 16.2. The largest absolute Gasteiger partial charge is 0.343 e. The molecule has 218 valence electrons. The summed E-state index contributed by atoms with van der Waals surface area (Å²) in [6.45, 7) is 0.0778. The van der Waals surface area contributed by atoms with Crippen molar-refractivity contribution in [3.05, 3.63) is 119 Å². The molecule has 2 N–H and O–H groups in total. The zero-order valence-electron chi connectivity index (χ0n) is 24.4. The lowest BCUT2D eigenvalue weighted by Gasteiger charge is -2.20. The van der Waals surface area contributed by atoms with Crippen molar-refractivity contribution in [2.45, 2.75) is 44.1 Å². The summed E-state index contributed by atoms with van der Waals surface area (Å²) in [5.74, 6) is 4.44. The Morgan fingerprint density at radius 2 is 1.77 bits per heavy atom. The summed E-state index contributed by atoms with van der Waals surface area (Å²) < 4.78 is 0. The number of nitrogens with zero attached hydrogens (tertiary/aromatic N) is 1. The summed E-state index contributed by atoms with van der Waals surface area (Å²) in [6.07, 6.45) is 11.7. The van der Waals surface area contributed by atoms with E-state index in [1.165, 1.54) is 5.39 Å². The Morgan fingerprint density at radius 3 is 2.59 bits per heavy atom. The molecular weight excluding hydrogens is 546 g/mol. The molecule has 0 heterocycles. The molecule has 0 aliphatic heterocycles. The third-order valence-corrected chi connectivity index (χ3v) is 8.70. The molecule has 3 aromatic carbocycles. The van der Waals surface area contributed by atoms with Crippen LogP contribution in [0.3, 0.4) is 0 Å². The second-order valence-electron chi connectivity index (χ2n) is 11.8. The first-order valence-corrected chi connectivity index (χ1v) is 15.1. The monoisotopic (exact) mass is 579 g/mol. The Labute approximate surface area is 257 Å². The van der Waals surface area contributed by atoms with Crippen LogP contribution in [0.1, 0.15) is 53.6 Å². The average molecular weight is 580 g/mol. The van der Waals surface area contributed by atoms with Crippen molar-refractivity contribution in [3.63, 3.8) is 0 Å². The quantitative estimate of drug-likeness (QED) is 0.258. The van der Waals surface area contributed by atoms with Crippen LogP contribution in [-0.2, 0) is 21.5 Å². The average Bonchev–Trinajstić information content (AvgIpc) is 3.97. The van der Waals surface area contributed by atoms with Crippen LogP contribution in [0.15, 0.2) is 102 Å². The van der Waals surface area contributed by atoms with Gasteiger partial charge in [0, 0.05) is 22.6 Å². The van der Waals surface area contributed by atoms with Crippen molar-refractivity contribution in [2.24, 2.45) is 11.8 Å². The highest BCUT2D eigenvalue weighted by Gasteiger charge is 2.47. The smallest absolute Gasteiger partial charge is 0.288 e. The number of carbonyl (C=O) groups excluding carboxylic acids is 3. The Balaban J connectivity index is 1.03. The number of carbonyl (C=O) groups is 3. The highest BCUT2D eigenvalue weighted by molar-refractivity contribution is 6.37. The summed E-state index contributed by atoms with van der Waals surface area (Å²) >= 11 is 0. The molecule has 3 aromatic rings. The van der Waals surface area contributed by atoms with Crippen molar-refractivity contribution in [3.8, 4) is 17.9 Å². The zero-order chi connectivity index (χ0) is 30.5. The molecule has 2 saturated carbocycles. The first-order valence-electron chi connectivity index (χ1n) is 15.1. The van der Waals surface area contributed by atoms with Crippen molar-refractivity contribution in [1.29, 1.82) is 5.26 Å². The molecule has 3 aliphatic carbocycles. The SMILES string of the molecule is N#C/C1=C/C=C\C(C#CCNC(=O)C(=O)C2CC2Cc2ccccc2C(=O)NC2(c3ccc4ccccc4c3)CC2)=C/CC1. The van der Waals surface area contributed by atoms with Gasteiger partial charge in [0.1, 0.15) is 0 Å². The summed E-state index contributed by atoms with van der Waals surface area (Å²) in [5.41, 5.74) is 3.82. The zero-order valence-corrected chi connectivity index (χ0v) is 24.4. The number of nitrogens with one attached hydrogen (secondary N) is 2. The molecule has 2 atom stereocenters. The predicted molar refractivity (Wildman–Crippen MR) is 170 cm³/mol. The molecule has 6 heteroatoms. The van der Waals surface area contributed by atoms with E-state index in [2.05, 4.69) is 58.9 Å². The van der Waals surface area contributed by atoms with Crippen LogP contribution in [0.25, 0.3) is 10.8 Å². The molecule has 2 unspecified atom stereocenters. The van der Waals surface area contributed by atoms with E-state index in [0.29, 0.717) is 24.8 Å². The van der Waals surface area contributed by atoms with Gasteiger partial charge in [0.2, 0.25) is 5.78 Å². The molecule has 0 bridgehead atoms. The predicted octanol–water partition coefficient (Wildman–Crippen LogP) is 5.85. The summed E-state index contributed by atoms with van der Waals surface area (Å²) in [4.78, 5) is 38.9. The van der Waals surface area contributed by atoms with Crippen LogP contribution >= 0.6 is 0 Å². The van der Waals surface area contributed by atoms with Gasteiger partial charge < -0.3 is 10.6 Å². The van der Waals surface area contributed by atoms with Gasteiger partial charge in [-0.25, -0.2) is 0 Å². The van der Waals surface area contributed by atoms with E-state index in [1.54, 1.807) is 12.2 Å². The number of rotatable bonds is 8. The van der Waals surface area contributed by atoms with Gasteiger partial charge in [-0.15, -0.1) is 0 Å². The third-order valence-electron chi connectivity index (χ3n) is 8.70. The van der Waals surface area contributed by atoms with Gasteiger partial charge >= 0.3 is 0 Å². The van der Waals surface area contributed by atoms with Crippen molar-refractivity contribution >= 4 is 28.4 Å². The number of hydrogen-bond donors (Lipinski definition) is 2. The van der Waals surface area contributed by atoms with Crippen molar-refractivity contribution in [2.75, 3.05) is 6.54 Å². The maximum atomic E-state index is 13.5. The molecule has 0 aromatic heterocycles. The molecule has 2 amide bonds. The van der Waals surface area contributed by atoms with Crippen LogP contribution in [0.5, 0.6) is 0 Å². The number of benzene rings is 3. The fourth-order valence-electron chi connectivity index (χ4n) is 5.89. The fourth-order valence-corrected chi connectivity index (χ4v) is 5.89. The van der Waals surface area contributed by atoms with Crippen molar-refractivity contribution < 1.29 is 14.4 Å². The molecule has 3 aliphatic rings. The topological polar surface area (TPSA) is 99.1 Å². The fraction of sp³-hybridized carbons (Fsp3) is 0.263. The van der Waals surface area contributed by atoms with E-state index in [-0.39, 0.29) is 29.8 Å². The number of hydrogen-bond acceptors (Lipinski definition) is 4. The third kappa shape index (κ3) is 6.56. The van der Waals surface area contributed by atoms with Gasteiger partial charge in [0.15, 0.2) is 0 Å². The molecule has 0 radical (unpaired) electrons. The minimum atomic E-state index is -0.618. The van der Waals surface area contributed by atoms with E-state index in [0.717, 1.165) is 46.9 Å². The second-order valence-corrected chi connectivity index (χ2v) is 11.8. The minimum Gasteiger partial charge on any atom is -0.343 e. The molecule has 0 spiro atoms. The van der Waals surface area contributed by atoms with E-state index >= 15 is 0 Å². The van der Waals surface area contributed by atoms with Crippen molar-refractivity contribution in [1.82, 2.24) is 10.6 Å². The molecule has 6 nitrogen and oxygen atoms in total. The molecule has 6 rings (SSSR count). The van der Waals surface area contributed by atoms with Crippen LogP contribution in [0, 0.1) is 35.0 Å². The van der Waals surface area contributed by atoms with Gasteiger partial charge in [0.05, 0.1) is 18.2 Å². The lowest BCUT2D eigenvalue weighted by atomic mass is 9.97. The minimum absolute atomic E-state index is 0.0280. The van der Waals surface area contributed by atoms with Gasteiger partial charge in [-0.2, -0.15) is 5.26 Å². The molecular formula is C38H33N3O3. The number of amides is 2. The standard InChI is InChI=1S/C38H33N3O3/c39-25-27-10-5-8-26(9-6-11-27)12-7-21-40-37(44)35(42)34-24-31(34)22-30-15-3-4-16-33(30)36(43)41-38(19-20-38)32-18-17-28-13-1-2-14-29(28)23-32/h1-5,8-10,13-18,23,31,34H,6,11,19-22,24H2,(H,40,44)(H,41,43)/b8-5-,26-9+,27-10+. The van der Waals surface area contributed by atoms with Gasteiger partial charge in [0.25, 0.3) is 11.8 Å². The first kappa shape index (κ1) is 28.9. The number of ketones is 1. The number of allylic oxidation sites excluding steroid dienone is 6. The summed E-state index contributed by atoms with van der Waals surface area (Å²) in [5, 5.41) is 17.3. The van der Waals surface area contributed by atoms with Crippen LogP contribution in [0.4, 0.5) is 0 Å². The maximum Gasteiger partial charge on any atom is 0.288 e. The lowest BCUT2D eigenvalue weighted by Crippen LogP contribution is -2.35. The number of Topliss-reactive ketones (excluding diaryl/α,β-unsaturated/α-hetero) is 1. The van der Waals surface area contributed by atoms with Crippen LogP contribution in [-0.4, -0.2) is 24.1 Å². The van der Waals surface area contributed by atoms with E-state index < -0.39 is 11.7 Å². The number of nitriles is 1. The number of fused-ring (bicyclic) bond motifs is 1. The van der Waals surface area contributed by atoms with Crippen LogP contribution < -0.4 is 10.6 Å². The molecule has 0 saturated heterocycles. The van der Waals surface area contributed by atoms with Gasteiger partial charge in [-0.05, 0) is 90.6 Å². The Bertz CT molecular complexity index is 1840. The van der Waals surface area contributed by atoms with E-state index in [1.807, 2.05) is 48.6 Å². The van der Waals surface area contributed by atoms with Crippen LogP contribution in [0.2, 0.25) is 0 Å². The van der Waals surface area contributed by atoms with E-state index in [9.17, 15) is 14.4 Å².